The highest BCUT2D eigenvalue weighted by Gasteiger charge is 2.14. The zero-order valence-corrected chi connectivity index (χ0v) is 19.7. The fourth-order valence-corrected chi connectivity index (χ4v) is 4.95. The summed E-state index contributed by atoms with van der Waals surface area (Å²) in [5.74, 6) is -0.565. The smallest absolute Gasteiger partial charge is 0.269 e. The van der Waals surface area contributed by atoms with Crippen molar-refractivity contribution < 1.29 is 14.5 Å². The van der Waals surface area contributed by atoms with E-state index in [0.717, 1.165) is 9.58 Å². The van der Waals surface area contributed by atoms with E-state index in [9.17, 15) is 19.7 Å². The lowest BCUT2D eigenvalue weighted by Gasteiger charge is -2.03. The number of aryl methyl sites for hydroxylation is 1. The maximum atomic E-state index is 12.7. The molecule has 2 N–H and O–H groups in total. The zero-order valence-electron chi connectivity index (χ0n) is 18.1. The summed E-state index contributed by atoms with van der Waals surface area (Å²) in [5.41, 5.74) is 2.17. The van der Waals surface area contributed by atoms with Gasteiger partial charge in [0.05, 0.1) is 37.5 Å². The van der Waals surface area contributed by atoms with Crippen molar-refractivity contribution in [2.45, 2.75) is 6.92 Å². The average Bonchev–Trinajstić information content (AvgIpc) is 3.58. The third-order valence-electron chi connectivity index (χ3n) is 5.00. The number of thiophene rings is 1. The first-order valence-electron chi connectivity index (χ1n) is 10.2. The number of carbonyl (C=O) groups is 2. The number of thiazole rings is 1. The second kappa shape index (κ2) is 9.08. The largest absolute Gasteiger partial charge is 0.322 e. The van der Waals surface area contributed by atoms with Crippen molar-refractivity contribution in [2.24, 2.45) is 0 Å². The summed E-state index contributed by atoms with van der Waals surface area (Å²) < 4.78 is 2.27. The van der Waals surface area contributed by atoms with Crippen LogP contribution in [0.3, 0.4) is 0 Å². The average molecular weight is 505 g/mol. The van der Waals surface area contributed by atoms with Gasteiger partial charge in [-0.1, -0.05) is 11.3 Å². The van der Waals surface area contributed by atoms with Gasteiger partial charge in [0.2, 0.25) is 0 Å². The van der Waals surface area contributed by atoms with Crippen molar-refractivity contribution in [3.05, 3.63) is 92.4 Å². The molecule has 35 heavy (non-hydrogen) atoms. The van der Waals surface area contributed by atoms with E-state index in [-0.39, 0.29) is 17.5 Å². The standard InChI is InChI=1S/C23H16N6O4S2/c1-13-2-9-19(34-13)22(31)27-23-26-18-8-3-15(10-20(18)35-23)25-21(30)14-11-24-28(12-14)16-4-6-17(7-5-16)29(32)33/h2-12H,1H3,(H,25,30)(H,26,27,31). The number of aromatic nitrogens is 3. The molecule has 3 aromatic heterocycles. The lowest BCUT2D eigenvalue weighted by atomic mass is 10.2. The molecule has 10 nitrogen and oxygen atoms in total. The summed E-state index contributed by atoms with van der Waals surface area (Å²) in [7, 11) is 0. The minimum absolute atomic E-state index is 0.0262. The van der Waals surface area contributed by atoms with Crippen LogP contribution in [0.4, 0.5) is 16.5 Å². The van der Waals surface area contributed by atoms with Gasteiger partial charge in [-0.25, -0.2) is 9.67 Å². The molecular formula is C23H16N6O4S2. The number of non-ortho nitro benzene ring substituents is 1. The van der Waals surface area contributed by atoms with Crippen LogP contribution >= 0.6 is 22.7 Å². The SMILES string of the molecule is Cc1ccc(C(=O)Nc2nc3ccc(NC(=O)c4cnn(-c5ccc([N+](=O)[O-])cc5)c4)cc3s2)s1. The fourth-order valence-electron chi connectivity index (χ4n) is 3.28. The summed E-state index contributed by atoms with van der Waals surface area (Å²) in [6.07, 6.45) is 2.96. The number of hydrogen-bond donors (Lipinski definition) is 2. The molecule has 174 valence electrons. The molecule has 2 aromatic carbocycles. The number of nitro groups is 1. The molecule has 12 heteroatoms. The second-order valence-electron chi connectivity index (χ2n) is 7.47. The first-order chi connectivity index (χ1) is 16.9. The van der Waals surface area contributed by atoms with Gasteiger partial charge in [-0.3, -0.25) is 25.0 Å². The van der Waals surface area contributed by atoms with Crippen molar-refractivity contribution in [2.75, 3.05) is 10.6 Å². The molecule has 0 saturated heterocycles. The minimum Gasteiger partial charge on any atom is -0.322 e. The highest BCUT2D eigenvalue weighted by atomic mass is 32.1. The number of hydrogen-bond acceptors (Lipinski definition) is 8. The van der Waals surface area contributed by atoms with E-state index in [0.29, 0.717) is 32.5 Å². The Hall–Kier alpha value is -4.42. The molecule has 0 unspecified atom stereocenters. The molecule has 0 aliphatic heterocycles. The Balaban J connectivity index is 1.28. The van der Waals surface area contributed by atoms with E-state index in [1.807, 2.05) is 13.0 Å². The zero-order chi connectivity index (χ0) is 24.5. The molecule has 2 amide bonds. The molecule has 0 spiro atoms. The van der Waals surface area contributed by atoms with Crippen molar-refractivity contribution in [1.29, 1.82) is 0 Å². The van der Waals surface area contributed by atoms with Crippen LogP contribution in [-0.2, 0) is 0 Å². The maximum absolute atomic E-state index is 12.7. The van der Waals surface area contributed by atoms with E-state index in [2.05, 4.69) is 20.7 Å². The van der Waals surface area contributed by atoms with Gasteiger partial charge in [0.15, 0.2) is 5.13 Å². The lowest BCUT2D eigenvalue weighted by molar-refractivity contribution is -0.384. The Morgan fingerprint density at radius 1 is 1.00 bits per heavy atom. The number of nitrogens with one attached hydrogen (secondary N) is 2. The van der Waals surface area contributed by atoms with Crippen LogP contribution in [0.2, 0.25) is 0 Å². The predicted octanol–water partition coefficient (Wildman–Crippen LogP) is 5.26. The summed E-state index contributed by atoms with van der Waals surface area (Å²) in [6, 6.07) is 14.8. The van der Waals surface area contributed by atoms with E-state index in [1.54, 1.807) is 42.6 Å². The number of anilines is 2. The molecule has 0 aliphatic carbocycles. The van der Waals surface area contributed by atoms with Gasteiger partial charge in [-0.2, -0.15) is 5.10 Å². The normalized spacial score (nSPS) is 10.9. The van der Waals surface area contributed by atoms with Crippen LogP contribution in [0.25, 0.3) is 15.9 Å². The minimum atomic E-state index is -0.479. The Labute approximate surface area is 206 Å². The van der Waals surface area contributed by atoms with Gasteiger partial charge in [-0.05, 0) is 49.4 Å². The van der Waals surface area contributed by atoms with Crippen LogP contribution in [0, 0.1) is 17.0 Å². The molecule has 5 rings (SSSR count). The highest BCUT2D eigenvalue weighted by molar-refractivity contribution is 7.22. The third-order valence-corrected chi connectivity index (χ3v) is 6.93. The molecule has 0 atom stereocenters. The Kier molecular flexibility index (Phi) is 5.81. The molecular weight excluding hydrogens is 488 g/mol. The highest BCUT2D eigenvalue weighted by Crippen LogP contribution is 2.29. The number of benzene rings is 2. The first kappa shape index (κ1) is 22.4. The van der Waals surface area contributed by atoms with Crippen molar-refractivity contribution >= 4 is 61.2 Å². The molecule has 0 fully saturated rings. The Morgan fingerprint density at radius 3 is 2.51 bits per heavy atom. The number of fused-ring (bicyclic) bond motifs is 1. The summed E-state index contributed by atoms with van der Waals surface area (Å²) in [6.45, 7) is 1.94. The molecule has 0 bridgehead atoms. The first-order valence-corrected chi connectivity index (χ1v) is 11.9. The van der Waals surface area contributed by atoms with Crippen LogP contribution in [0.15, 0.2) is 67.0 Å². The number of nitrogens with zero attached hydrogens (tertiary/aromatic N) is 4. The second-order valence-corrected chi connectivity index (χ2v) is 9.79. The molecule has 0 saturated carbocycles. The van der Waals surface area contributed by atoms with Crippen LogP contribution in [0.1, 0.15) is 24.9 Å². The van der Waals surface area contributed by atoms with Crippen LogP contribution < -0.4 is 10.6 Å². The van der Waals surface area contributed by atoms with Gasteiger partial charge in [0, 0.05) is 28.9 Å². The number of nitro benzene ring substituents is 1. The number of rotatable bonds is 6. The molecule has 0 radical (unpaired) electrons. The van der Waals surface area contributed by atoms with Gasteiger partial charge < -0.3 is 5.32 Å². The number of carbonyl (C=O) groups excluding carboxylic acids is 2. The van der Waals surface area contributed by atoms with Gasteiger partial charge in [0.25, 0.3) is 17.5 Å². The third kappa shape index (κ3) is 4.78. The van der Waals surface area contributed by atoms with E-state index < -0.39 is 4.92 Å². The topological polar surface area (TPSA) is 132 Å². The summed E-state index contributed by atoms with van der Waals surface area (Å²) in [4.78, 5) is 41.6. The van der Waals surface area contributed by atoms with E-state index >= 15 is 0 Å². The van der Waals surface area contributed by atoms with E-state index in [1.165, 1.54) is 45.7 Å². The summed E-state index contributed by atoms with van der Waals surface area (Å²) in [5, 5.41) is 21.1. The van der Waals surface area contributed by atoms with Crippen molar-refractivity contribution in [3.8, 4) is 5.69 Å². The van der Waals surface area contributed by atoms with E-state index in [4.69, 9.17) is 0 Å². The molecule has 3 heterocycles. The lowest BCUT2D eigenvalue weighted by Crippen LogP contribution is -2.10. The van der Waals surface area contributed by atoms with Gasteiger partial charge >= 0.3 is 0 Å². The summed E-state index contributed by atoms with van der Waals surface area (Å²) >= 11 is 2.73. The Bertz CT molecular complexity index is 1590. The fraction of sp³-hybridized carbons (Fsp3) is 0.0435. The monoisotopic (exact) mass is 504 g/mol. The van der Waals surface area contributed by atoms with Crippen LogP contribution in [-0.4, -0.2) is 31.5 Å². The van der Waals surface area contributed by atoms with Crippen LogP contribution in [0.5, 0.6) is 0 Å². The molecule has 5 aromatic rings. The maximum Gasteiger partial charge on any atom is 0.269 e. The van der Waals surface area contributed by atoms with Crippen molar-refractivity contribution in [1.82, 2.24) is 14.8 Å². The van der Waals surface area contributed by atoms with Gasteiger partial charge in [0.1, 0.15) is 0 Å². The number of amides is 2. The quantitative estimate of drug-likeness (QED) is 0.239. The van der Waals surface area contributed by atoms with Crippen molar-refractivity contribution in [3.63, 3.8) is 0 Å². The molecule has 0 aliphatic rings. The predicted molar refractivity (Wildman–Crippen MR) is 135 cm³/mol. The van der Waals surface area contributed by atoms with Gasteiger partial charge in [-0.15, -0.1) is 11.3 Å². The Morgan fingerprint density at radius 2 is 1.80 bits per heavy atom.